The molecule has 0 unspecified atom stereocenters. The van der Waals surface area contributed by atoms with E-state index in [1.807, 2.05) is 48.5 Å². The lowest BCUT2D eigenvalue weighted by atomic mass is 10.2. The predicted octanol–water partition coefficient (Wildman–Crippen LogP) is 5.15. The number of pyridine rings is 1. The lowest BCUT2D eigenvalue weighted by Gasteiger charge is -2.14. The van der Waals surface area contributed by atoms with Crippen LogP contribution in [0.1, 0.15) is 20.3 Å². The summed E-state index contributed by atoms with van der Waals surface area (Å²) in [7, 11) is 0. The highest BCUT2D eigenvalue weighted by molar-refractivity contribution is 6.30. The van der Waals surface area contributed by atoms with Crippen molar-refractivity contribution in [2.24, 2.45) is 0 Å². The first-order valence-corrected chi connectivity index (χ1v) is 8.61. The van der Waals surface area contributed by atoms with Gasteiger partial charge in [-0.05, 0) is 43.7 Å². The molecule has 5 nitrogen and oxygen atoms in total. The summed E-state index contributed by atoms with van der Waals surface area (Å²) in [6.07, 6.45) is 2.73. The summed E-state index contributed by atoms with van der Waals surface area (Å²) in [5.41, 5.74) is 2.42. The Morgan fingerprint density at radius 3 is 2.64 bits per heavy atom. The number of benzene rings is 1. The summed E-state index contributed by atoms with van der Waals surface area (Å²) >= 11 is 6.06. The van der Waals surface area contributed by atoms with Crippen LogP contribution in [-0.2, 0) is 0 Å². The van der Waals surface area contributed by atoms with E-state index in [2.05, 4.69) is 39.4 Å². The fourth-order valence-corrected chi connectivity index (χ4v) is 2.45. The molecule has 0 aliphatic carbocycles. The number of nitrogens with zero attached hydrogens (tertiary/aromatic N) is 3. The summed E-state index contributed by atoms with van der Waals surface area (Å²) in [6, 6.07) is 15.4. The van der Waals surface area contributed by atoms with Gasteiger partial charge in [-0.3, -0.25) is 4.98 Å². The van der Waals surface area contributed by atoms with Crippen LogP contribution in [0.3, 0.4) is 0 Å². The molecular formula is C19H20ClN5. The van der Waals surface area contributed by atoms with E-state index < -0.39 is 0 Å². The maximum absolute atomic E-state index is 6.06. The number of nitrogens with one attached hydrogen (secondary N) is 2. The zero-order valence-corrected chi connectivity index (χ0v) is 15.0. The minimum absolute atomic E-state index is 0.276. The number of hydrogen-bond donors (Lipinski definition) is 2. The molecule has 0 amide bonds. The number of rotatable bonds is 6. The fraction of sp³-hybridized carbons (Fsp3) is 0.211. The van der Waals surface area contributed by atoms with Gasteiger partial charge in [-0.2, -0.15) is 4.98 Å². The van der Waals surface area contributed by atoms with Crippen LogP contribution in [0, 0.1) is 0 Å². The zero-order valence-electron chi connectivity index (χ0n) is 14.2. The van der Waals surface area contributed by atoms with Crippen LogP contribution >= 0.6 is 11.6 Å². The third kappa shape index (κ3) is 4.67. The Bertz CT molecular complexity index is 838. The van der Waals surface area contributed by atoms with Gasteiger partial charge < -0.3 is 10.6 Å². The molecule has 1 atom stereocenters. The van der Waals surface area contributed by atoms with Crippen LogP contribution < -0.4 is 10.6 Å². The molecule has 128 valence electrons. The first-order valence-electron chi connectivity index (χ1n) is 8.23. The summed E-state index contributed by atoms with van der Waals surface area (Å²) < 4.78 is 0. The first kappa shape index (κ1) is 17.2. The second-order valence-corrected chi connectivity index (χ2v) is 6.20. The molecule has 2 heterocycles. The summed E-state index contributed by atoms with van der Waals surface area (Å²) in [6.45, 7) is 4.21. The molecular weight excluding hydrogens is 334 g/mol. The van der Waals surface area contributed by atoms with Gasteiger partial charge in [-0.25, -0.2) is 4.98 Å². The van der Waals surface area contributed by atoms with Crippen LogP contribution in [0.4, 0.5) is 17.5 Å². The van der Waals surface area contributed by atoms with E-state index in [9.17, 15) is 0 Å². The Hall–Kier alpha value is -2.66. The van der Waals surface area contributed by atoms with Crippen LogP contribution in [-0.4, -0.2) is 21.0 Å². The lowest BCUT2D eigenvalue weighted by molar-refractivity contribution is 0.753. The standard InChI is InChI=1S/C19H20ClN5/c1-3-13(2)22-19-24-17(16-9-4-5-10-21-16)12-18(25-19)23-15-8-6-7-14(20)11-15/h4-13H,3H2,1-2H3,(H2,22,23,24,25)/t13-/m0/s1. The first-order chi connectivity index (χ1) is 12.1. The molecule has 6 heteroatoms. The van der Waals surface area contributed by atoms with E-state index in [1.165, 1.54) is 0 Å². The minimum Gasteiger partial charge on any atom is -0.352 e. The van der Waals surface area contributed by atoms with Crippen molar-refractivity contribution in [1.82, 2.24) is 15.0 Å². The SMILES string of the molecule is CC[C@H](C)Nc1nc(Nc2cccc(Cl)c2)cc(-c2ccccn2)n1. The van der Waals surface area contributed by atoms with Crippen molar-refractivity contribution in [3.8, 4) is 11.4 Å². The smallest absolute Gasteiger partial charge is 0.225 e. The lowest BCUT2D eigenvalue weighted by Crippen LogP contribution is -2.16. The second kappa shape index (κ2) is 7.94. The van der Waals surface area contributed by atoms with Gasteiger partial charge in [-0.15, -0.1) is 0 Å². The van der Waals surface area contributed by atoms with Crippen LogP contribution in [0.25, 0.3) is 11.4 Å². The molecule has 3 aromatic rings. The van der Waals surface area contributed by atoms with Crippen molar-refractivity contribution in [3.63, 3.8) is 0 Å². The fourth-order valence-electron chi connectivity index (χ4n) is 2.26. The molecule has 1 aromatic carbocycles. The maximum atomic E-state index is 6.06. The minimum atomic E-state index is 0.276. The van der Waals surface area contributed by atoms with Gasteiger partial charge in [0.15, 0.2) is 0 Å². The number of aromatic nitrogens is 3. The van der Waals surface area contributed by atoms with Gasteiger partial charge in [0.1, 0.15) is 5.82 Å². The van der Waals surface area contributed by atoms with E-state index in [0.29, 0.717) is 16.8 Å². The number of halogens is 1. The van der Waals surface area contributed by atoms with Gasteiger partial charge in [-0.1, -0.05) is 30.7 Å². The molecule has 0 fully saturated rings. The Morgan fingerprint density at radius 2 is 1.92 bits per heavy atom. The molecule has 0 saturated carbocycles. The third-order valence-corrected chi connectivity index (χ3v) is 3.97. The summed E-state index contributed by atoms with van der Waals surface area (Å²) in [5, 5.41) is 7.27. The van der Waals surface area contributed by atoms with Gasteiger partial charge in [0.25, 0.3) is 0 Å². The Morgan fingerprint density at radius 1 is 1.04 bits per heavy atom. The Balaban J connectivity index is 1.97. The normalized spacial score (nSPS) is 11.8. The molecule has 2 N–H and O–H groups in total. The topological polar surface area (TPSA) is 62.7 Å². The van der Waals surface area contributed by atoms with Crippen molar-refractivity contribution in [2.45, 2.75) is 26.3 Å². The third-order valence-electron chi connectivity index (χ3n) is 3.74. The second-order valence-electron chi connectivity index (χ2n) is 5.77. The van der Waals surface area contributed by atoms with Gasteiger partial charge in [0, 0.05) is 29.0 Å². The van der Waals surface area contributed by atoms with Crippen molar-refractivity contribution in [2.75, 3.05) is 10.6 Å². The predicted molar refractivity (Wildman–Crippen MR) is 103 cm³/mol. The Labute approximate surface area is 152 Å². The molecule has 0 aliphatic heterocycles. The quantitative estimate of drug-likeness (QED) is 0.642. The summed E-state index contributed by atoms with van der Waals surface area (Å²) in [4.78, 5) is 13.6. The molecule has 3 rings (SSSR count). The maximum Gasteiger partial charge on any atom is 0.225 e. The van der Waals surface area contributed by atoms with Gasteiger partial charge in [0.2, 0.25) is 5.95 Å². The van der Waals surface area contributed by atoms with Crippen LogP contribution in [0.5, 0.6) is 0 Å². The zero-order chi connectivity index (χ0) is 17.6. The van der Waals surface area contributed by atoms with Crippen LogP contribution in [0.15, 0.2) is 54.7 Å². The largest absolute Gasteiger partial charge is 0.352 e. The van der Waals surface area contributed by atoms with E-state index in [4.69, 9.17) is 11.6 Å². The molecule has 25 heavy (non-hydrogen) atoms. The van der Waals surface area contributed by atoms with E-state index in [1.54, 1.807) is 6.20 Å². The molecule has 0 saturated heterocycles. The van der Waals surface area contributed by atoms with Crippen molar-refractivity contribution in [1.29, 1.82) is 0 Å². The van der Waals surface area contributed by atoms with Crippen molar-refractivity contribution in [3.05, 3.63) is 59.8 Å². The monoisotopic (exact) mass is 353 g/mol. The van der Waals surface area contributed by atoms with Gasteiger partial charge >= 0.3 is 0 Å². The highest BCUT2D eigenvalue weighted by Gasteiger charge is 2.10. The summed E-state index contributed by atoms with van der Waals surface area (Å²) in [5.74, 6) is 1.26. The average molecular weight is 354 g/mol. The molecule has 0 aliphatic rings. The van der Waals surface area contributed by atoms with E-state index in [-0.39, 0.29) is 6.04 Å². The van der Waals surface area contributed by atoms with Crippen LogP contribution in [0.2, 0.25) is 5.02 Å². The Kier molecular flexibility index (Phi) is 5.46. The van der Waals surface area contributed by atoms with Crippen molar-refractivity contribution < 1.29 is 0 Å². The number of hydrogen-bond acceptors (Lipinski definition) is 5. The molecule has 0 bridgehead atoms. The van der Waals surface area contributed by atoms with E-state index >= 15 is 0 Å². The van der Waals surface area contributed by atoms with E-state index in [0.717, 1.165) is 23.5 Å². The van der Waals surface area contributed by atoms with Crippen molar-refractivity contribution >= 4 is 29.1 Å². The highest BCUT2D eigenvalue weighted by Crippen LogP contribution is 2.24. The molecule has 0 spiro atoms. The molecule has 0 radical (unpaired) electrons. The van der Waals surface area contributed by atoms with Gasteiger partial charge in [0.05, 0.1) is 11.4 Å². The number of anilines is 3. The average Bonchev–Trinajstić information content (AvgIpc) is 2.62. The molecule has 2 aromatic heterocycles. The highest BCUT2D eigenvalue weighted by atomic mass is 35.5.